The van der Waals surface area contributed by atoms with Crippen molar-refractivity contribution in [3.8, 4) is 0 Å². The van der Waals surface area contributed by atoms with Gasteiger partial charge in [-0.05, 0) is 43.0 Å². The molecular formula is C20H20ClFN2O3S. The predicted molar refractivity (Wildman–Crippen MR) is 104 cm³/mol. The van der Waals surface area contributed by atoms with E-state index in [1.807, 2.05) is 0 Å². The second-order valence-electron chi connectivity index (χ2n) is 7.37. The Kier molecular flexibility index (Phi) is 5.16. The quantitative estimate of drug-likeness (QED) is 0.805. The number of hydrogen-bond acceptors (Lipinski definition) is 3. The number of sulfonamides is 1. The highest BCUT2D eigenvalue weighted by molar-refractivity contribution is 7.89. The summed E-state index contributed by atoms with van der Waals surface area (Å²) in [5.41, 5.74) is 0.179. The topological polar surface area (TPSA) is 66.5 Å². The molecule has 1 amide bonds. The lowest BCUT2D eigenvalue weighted by atomic mass is 10.0. The van der Waals surface area contributed by atoms with Crippen molar-refractivity contribution in [1.82, 2.24) is 9.62 Å². The number of likely N-dealkylation sites (tertiary alicyclic amines) is 1. The number of rotatable bonds is 5. The number of hydrogen-bond donors (Lipinski definition) is 1. The Balaban J connectivity index is 1.49. The molecule has 2 aliphatic rings. The summed E-state index contributed by atoms with van der Waals surface area (Å²) in [5, 5.41) is 0.221. The molecular weight excluding hydrogens is 403 g/mol. The highest BCUT2D eigenvalue weighted by Gasteiger charge is 2.48. The van der Waals surface area contributed by atoms with Crippen LogP contribution in [0.3, 0.4) is 0 Å². The van der Waals surface area contributed by atoms with Gasteiger partial charge in [-0.25, -0.2) is 17.5 Å². The second kappa shape index (κ2) is 7.46. The van der Waals surface area contributed by atoms with Gasteiger partial charge in [-0.3, -0.25) is 4.79 Å². The van der Waals surface area contributed by atoms with Gasteiger partial charge in [-0.1, -0.05) is 35.9 Å². The SMILES string of the molecule is O=C(Cc1c(F)cccc1Cl)N1CC2CC(NS(=O)(=O)c3ccccc3)C1C2. The number of halogens is 2. The fourth-order valence-electron chi connectivity index (χ4n) is 4.26. The minimum Gasteiger partial charge on any atom is -0.338 e. The number of benzene rings is 2. The number of carbonyl (C=O) groups excluding carboxylic acids is 1. The Hall–Kier alpha value is -1.96. The zero-order valence-electron chi connectivity index (χ0n) is 15.0. The largest absolute Gasteiger partial charge is 0.338 e. The number of nitrogens with one attached hydrogen (secondary N) is 1. The standard InChI is InChI=1S/C20H20ClFN2O3S/c21-16-7-4-8-17(22)15(16)11-20(25)24-12-13-9-18(19(24)10-13)23-28(26,27)14-5-2-1-3-6-14/h1-8,13,18-19,23H,9-12H2. The monoisotopic (exact) mass is 422 g/mol. The first kappa shape index (κ1) is 19.4. The van der Waals surface area contributed by atoms with E-state index in [-0.39, 0.29) is 45.8 Å². The number of amides is 1. The Labute approximate surface area is 168 Å². The van der Waals surface area contributed by atoms with Crippen LogP contribution in [-0.4, -0.2) is 37.9 Å². The molecule has 1 aliphatic heterocycles. The van der Waals surface area contributed by atoms with Crippen LogP contribution in [0.4, 0.5) is 4.39 Å². The van der Waals surface area contributed by atoms with Crippen LogP contribution < -0.4 is 4.72 Å². The molecule has 148 valence electrons. The van der Waals surface area contributed by atoms with Crippen molar-refractivity contribution in [1.29, 1.82) is 0 Å². The van der Waals surface area contributed by atoms with E-state index in [2.05, 4.69) is 4.72 Å². The fourth-order valence-corrected chi connectivity index (χ4v) is 5.79. The molecule has 2 bridgehead atoms. The summed E-state index contributed by atoms with van der Waals surface area (Å²) in [6.07, 6.45) is 1.31. The molecule has 8 heteroatoms. The molecule has 3 atom stereocenters. The van der Waals surface area contributed by atoms with Crippen molar-refractivity contribution < 1.29 is 17.6 Å². The highest BCUT2D eigenvalue weighted by atomic mass is 35.5. The van der Waals surface area contributed by atoms with Crippen molar-refractivity contribution in [2.45, 2.75) is 36.2 Å². The Morgan fingerprint density at radius 1 is 1.14 bits per heavy atom. The maximum Gasteiger partial charge on any atom is 0.240 e. The number of fused-ring (bicyclic) bond motifs is 2. The van der Waals surface area contributed by atoms with Crippen LogP contribution in [0.2, 0.25) is 5.02 Å². The molecule has 4 rings (SSSR count). The Bertz CT molecular complexity index is 980. The summed E-state index contributed by atoms with van der Waals surface area (Å²) in [5.74, 6) is -0.497. The van der Waals surface area contributed by atoms with Gasteiger partial charge in [0.25, 0.3) is 0 Å². The van der Waals surface area contributed by atoms with E-state index in [4.69, 9.17) is 11.6 Å². The summed E-state index contributed by atoms with van der Waals surface area (Å²) in [6.45, 7) is 0.569. The van der Waals surface area contributed by atoms with E-state index >= 15 is 0 Å². The van der Waals surface area contributed by atoms with Gasteiger partial charge in [0.05, 0.1) is 11.3 Å². The second-order valence-corrected chi connectivity index (χ2v) is 9.49. The fraction of sp³-hybridized carbons (Fsp3) is 0.350. The van der Waals surface area contributed by atoms with Crippen LogP contribution in [0.1, 0.15) is 18.4 Å². The van der Waals surface area contributed by atoms with Crippen molar-refractivity contribution in [2.75, 3.05) is 6.54 Å². The summed E-state index contributed by atoms with van der Waals surface area (Å²) >= 11 is 6.04. The van der Waals surface area contributed by atoms with E-state index < -0.39 is 15.8 Å². The van der Waals surface area contributed by atoms with Crippen LogP contribution in [0.5, 0.6) is 0 Å². The highest BCUT2D eigenvalue weighted by Crippen LogP contribution is 2.39. The van der Waals surface area contributed by atoms with Crippen molar-refractivity contribution in [3.05, 3.63) is 64.9 Å². The molecule has 1 saturated heterocycles. The van der Waals surface area contributed by atoms with Crippen molar-refractivity contribution in [2.24, 2.45) is 5.92 Å². The molecule has 3 unspecified atom stereocenters. The molecule has 28 heavy (non-hydrogen) atoms. The van der Waals surface area contributed by atoms with Gasteiger partial charge in [0.2, 0.25) is 15.9 Å². The molecule has 2 fully saturated rings. The van der Waals surface area contributed by atoms with Crippen LogP contribution in [-0.2, 0) is 21.2 Å². The third kappa shape index (κ3) is 3.66. The van der Waals surface area contributed by atoms with Gasteiger partial charge in [-0.15, -0.1) is 0 Å². The van der Waals surface area contributed by atoms with E-state index in [1.165, 1.54) is 12.1 Å². The van der Waals surface area contributed by atoms with Gasteiger partial charge in [0.1, 0.15) is 5.82 Å². The maximum absolute atomic E-state index is 14.0. The first-order valence-electron chi connectivity index (χ1n) is 9.15. The number of nitrogens with zero attached hydrogens (tertiary/aromatic N) is 1. The van der Waals surface area contributed by atoms with Gasteiger partial charge in [-0.2, -0.15) is 0 Å². The van der Waals surface area contributed by atoms with E-state index in [0.29, 0.717) is 13.0 Å². The smallest absolute Gasteiger partial charge is 0.240 e. The lowest BCUT2D eigenvalue weighted by molar-refractivity contribution is -0.132. The van der Waals surface area contributed by atoms with E-state index in [9.17, 15) is 17.6 Å². The summed E-state index contributed by atoms with van der Waals surface area (Å²) < 4.78 is 42.1. The average Bonchev–Trinajstić information content (AvgIpc) is 3.25. The first-order valence-corrected chi connectivity index (χ1v) is 11.0. The zero-order chi connectivity index (χ0) is 19.9. The van der Waals surface area contributed by atoms with E-state index in [0.717, 1.165) is 6.42 Å². The molecule has 0 spiro atoms. The molecule has 2 aromatic carbocycles. The van der Waals surface area contributed by atoms with Crippen molar-refractivity contribution >= 4 is 27.5 Å². The minimum absolute atomic E-state index is 0.132. The molecule has 1 saturated carbocycles. The number of piperidine rings is 1. The zero-order valence-corrected chi connectivity index (χ0v) is 16.6. The van der Waals surface area contributed by atoms with Crippen molar-refractivity contribution in [3.63, 3.8) is 0 Å². The molecule has 2 aromatic rings. The minimum atomic E-state index is -3.66. The molecule has 1 heterocycles. The molecule has 0 radical (unpaired) electrons. The molecule has 1 N–H and O–H groups in total. The molecule has 1 aliphatic carbocycles. The maximum atomic E-state index is 14.0. The van der Waals surface area contributed by atoms with E-state index in [1.54, 1.807) is 41.3 Å². The lowest BCUT2D eigenvalue weighted by Crippen LogP contribution is -2.52. The average molecular weight is 423 g/mol. The lowest BCUT2D eigenvalue weighted by Gasteiger charge is -2.33. The number of carbonyl (C=O) groups is 1. The van der Waals surface area contributed by atoms with Crippen LogP contribution in [0, 0.1) is 11.7 Å². The molecule has 0 aromatic heterocycles. The first-order chi connectivity index (χ1) is 13.3. The normalized spacial score (nSPS) is 23.9. The Morgan fingerprint density at radius 2 is 1.89 bits per heavy atom. The van der Waals surface area contributed by atoms with Gasteiger partial charge in [0, 0.05) is 29.2 Å². The van der Waals surface area contributed by atoms with Gasteiger partial charge in [0.15, 0.2) is 0 Å². The summed E-state index contributed by atoms with van der Waals surface area (Å²) in [7, 11) is -3.66. The third-order valence-corrected chi connectivity index (χ3v) is 7.41. The third-order valence-electron chi connectivity index (χ3n) is 5.55. The van der Waals surface area contributed by atoms with Crippen LogP contribution in [0.25, 0.3) is 0 Å². The summed E-state index contributed by atoms with van der Waals surface area (Å²) in [4.78, 5) is 14.7. The molecule has 5 nitrogen and oxygen atoms in total. The van der Waals surface area contributed by atoms with Gasteiger partial charge < -0.3 is 4.90 Å². The summed E-state index contributed by atoms with van der Waals surface area (Å²) in [6, 6.07) is 11.9. The Morgan fingerprint density at radius 3 is 2.57 bits per heavy atom. The van der Waals surface area contributed by atoms with Crippen LogP contribution in [0.15, 0.2) is 53.4 Å². The van der Waals surface area contributed by atoms with Crippen LogP contribution >= 0.6 is 11.6 Å². The van der Waals surface area contributed by atoms with Gasteiger partial charge >= 0.3 is 0 Å². The predicted octanol–water partition coefficient (Wildman–Crippen LogP) is 2.99.